The van der Waals surface area contributed by atoms with Crippen LogP contribution in [0.25, 0.3) is 0 Å². The molecule has 0 radical (unpaired) electrons. The van der Waals surface area contributed by atoms with Crippen LogP contribution in [0.4, 0.5) is 8.78 Å². The van der Waals surface area contributed by atoms with Crippen LogP contribution in [0.15, 0.2) is 36.9 Å². The van der Waals surface area contributed by atoms with Crippen molar-refractivity contribution in [2.75, 3.05) is 0 Å². The van der Waals surface area contributed by atoms with Gasteiger partial charge in [-0.1, -0.05) is 24.6 Å². The standard InChI is InChI=1S/C12H10F2/c1-3-5-10-6-8-11(9-7-10)12(13,14)4-2/h4,6-9H,2H2,1H3. The second-order valence-electron chi connectivity index (χ2n) is 2.78. The zero-order chi connectivity index (χ0) is 10.6. The highest BCUT2D eigenvalue weighted by molar-refractivity contribution is 5.37. The van der Waals surface area contributed by atoms with Gasteiger partial charge in [0, 0.05) is 11.1 Å². The summed E-state index contributed by atoms with van der Waals surface area (Å²) in [7, 11) is 0. The van der Waals surface area contributed by atoms with Crippen LogP contribution in [0.1, 0.15) is 18.1 Å². The van der Waals surface area contributed by atoms with E-state index in [9.17, 15) is 8.78 Å². The zero-order valence-corrected chi connectivity index (χ0v) is 7.85. The fraction of sp³-hybridized carbons (Fsp3) is 0.167. The molecule has 0 N–H and O–H groups in total. The van der Waals surface area contributed by atoms with E-state index in [2.05, 4.69) is 18.4 Å². The molecule has 1 rings (SSSR count). The van der Waals surface area contributed by atoms with Gasteiger partial charge in [0.05, 0.1) is 0 Å². The molecule has 0 amide bonds. The minimum Gasteiger partial charge on any atom is -0.197 e. The molecule has 0 bridgehead atoms. The molecule has 72 valence electrons. The van der Waals surface area contributed by atoms with Crippen molar-refractivity contribution >= 4 is 0 Å². The van der Waals surface area contributed by atoms with Crippen LogP contribution in [-0.4, -0.2) is 0 Å². The lowest BCUT2D eigenvalue weighted by molar-refractivity contribution is 0.0525. The van der Waals surface area contributed by atoms with Crippen LogP contribution in [0.3, 0.4) is 0 Å². The number of halogens is 2. The first kappa shape index (κ1) is 10.5. The van der Waals surface area contributed by atoms with E-state index in [1.54, 1.807) is 19.1 Å². The van der Waals surface area contributed by atoms with Crippen molar-refractivity contribution < 1.29 is 8.78 Å². The molecule has 0 nitrogen and oxygen atoms in total. The molecule has 0 fully saturated rings. The smallest absolute Gasteiger partial charge is 0.197 e. The van der Waals surface area contributed by atoms with Crippen molar-refractivity contribution in [3.05, 3.63) is 48.0 Å². The first-order chi connectivity index (χ1) is 6.60. The number of allylic oxidation sites excluding steroid dienone is 1. The molecule has 2 heteroatoms. The molecular weight excluding hydrogens is 182 g/mol. The average Bonchev–Trinajstić information content (AvgIpc) is 2.19. The van der Waals surface area contributed by atoms with E-state index in [0.717, 1.165) is 5.56 Å². The Labute approximate surface area is 82.3 Å². The van der Waals surface area contributed by atoms with Gasteiger partial charge in [-0.15, -0.1) is 5.92 Å². The summed E-state index contributed by atoms with van der Waals surface area (Å²) in [6.07, 6.45) is 0.632. The fourth-order valence-corrected chi connectivity index (χ4v) is 1.04. The van der Waals surface area contributed by atoms with Crippen LogP contribution in [0.2, 0.25) is 0 Å². The molecule has 1 aromatic carbocycles. The SMILES string of the molecule is C=CC(F)(F)c1ccc(C#CC)cc1. The summed E-state index contributed by atoms with van der Waals surface area (Å²) >= 11 is 0. The Hall–Kier alpha value is -1.62. The number of hydrogen-bond donors (Lipinski definition) is 0. The highest BCUT2D eigenvalue weighted by Gasteiger charge is 2.26. The van der Waals surface area contributed by atoms with E-state index in [4.69, 9.17) is 0 Å². The molecular formula is C12H10F2. The van der Waals surface area contributed by atoms with Crippen molar-refractivity contribution in [2.45, 2.75) is 12.8 Å². The van der Waals surface area contributed by atoms with Gasteiger partial charge in [0.1, 0.15) is 0 Å². The summed E-state index contributed by atoms with van der Waals surface area (Å²) in [4.78, 5) is 0. The number of hydrogen-bond acceptors (Lipinski definition) is 0. The molecule has 0 atom stereocenters. The molecule has 0 spiro atoms. The van der Waals surface area contributed by atoms with Gasteiger partial charge in [0.15, 0.2) is 0 Å². The molecule has 0 aromatic heterocycles. The summed E-state index contributed by atoms with van der Waals surface area (Å²) in [5.41, 5.74) is 0.672. The number of benzene rings is 1. The molecule has 0 aliphatic carbocycles. The van der Waals surface area contributed by atoms with Crippen molar-refractivity contribution in [3.8, 4) is 11.8 Å². The Morgan fingerprint density at radius 2 is 1.86 bits per heavy atom. The van der Waals surface area contributed by atoms with Gasteiger partial charge in [-0.2, -0.15) is 8.78 Å². The molecule has 1 aromatic rings. The third-order valence-corrected chi connectivity index (χ3v) is 1.80. The van der Waals surface area contributed by atoms with Crippen LogP contribution in [-0.2, 0) is 5.92 Å². The summed E-state index contributed by atoms with van der Waals surface area (Å²) < 4.78 is 26.1. The van der Waals surface area contributed by atoms with Gasteiger partial charge in [-0.25, -0.2) is 0 Å². The lowest BCUT2D eigenvalue weighted by Gasteiger charge is -2.10. The van der Waals surface area contributed by atoms with Crippen LogP contribution in [0.5, 0.6) is 0 Å². The molecule has 0 aliphatic rings. The Kier molecular flexibility index (Phi) is 3.03. The monoisotopic (exact) mass is 192 g/mol. The second kappa shape index (κ2) is 4.06. The maximum atomic E-state index is 13.0. The largest absolute Gasteiger partial charge is 0.291 e. The van der Waals surface area contributed by atoms with Gasteiger partial charge in [0.2, 0.25) is 0 Å². The average molecular weight is 192 g/mol. The molecule has 14 heavy (non-hydrogen) atoms. The third-order valence-electron chi connectivity index (χ3n) is 1.80. The topological polar surface area (TPSA) is 0 Å². The first-order valence-electron chi connectivity index (χ1n) is 4.15. The molecule has 0 aliphatic heterocycles. The highest BCUT2D eigenvalue weighted by atomic mass is 19.3. The quantitative estimate of drug-likeness (QED) is 0.498. The lowest BCUT2D eigenvalue weighted by atomic mass is 10.1. The Morgan fingerprint density at radius 3 is 2.29 bits per heavy atom. The van der Waals surface area contributed by atoms with Crippen molar-refractivity contribution in [3.63, 3.8) is 0 Å². The molecule has 0 heterocycles. The predicted octanol–water partition coefficient (Wildman–Crippen LogP) is 3.34. The normalized spacial score (nSPS) is 10.2. The molecule has 0 saturated heterocycles. The van der Waals surface area contributed by atoms with E-state index in [1.807, 2.05) is 0 Å². The number of rotatable bonds is 2. The van der Waals surface area contributed by atoms with Gasteiger partial charge in [-0.3, -0.25) is 0 Å². The van der Waals surface area contributed by atoms with Crippen LogP contribution in [0, 0.1) is 11.8 Å². The number of alkyl halides is 2. The van der Waals surface area contributed by atoms with E-state index in [1.165, 1.54) is 12.1 Å². The van der Waals surface area contributed by atoms with E-state index in [-0.39, 0.29) is 5.56 Å². The van der Waals surface area contributed by atoms with Crippen LogP contribution >= 0.6 is 0 Å². The first-order valence-corrected chi connectivity index (χ1v) is 4.15. The lowest BCUT2D eigenvalue weighted by Crippen LogP contribution is -2.08. The highest BCUT2D eigenvalue weighted by Crippen LogP contribution is 2.28. The maximum absolute atomic E-state index is 13.0. The molecule has 0 saturated carbocycles. The second-order valence-corrected chi connectivity index (χ2v) is 2.78. The third kappa shape index (κ3) is 2.20. The Bertz CT molecular complexity index is 377. The summed E-state index contributed by atoms with van der Waals surface area (Å²) in [6, 6.07) is 5.87. The van der Waals surface area contributed by atoms with E-state index in [0.29, 0.717) is 6.08 Å². The minimum atomic E-state index is -2.96. The maximum Gasteiger partial charge on any atom is 0.291 e. The summed E-state index contributed by atoms with van der Waals surface area (Å²) in [6.45, 7) is 4.79. The molecule has 0 unspecified atom stereocenters. The van der Waals surface area contributed by atoms with Gasteiger partial charge < -0.3 is 0 Å². The predicted molar refractivity (Wildman–Crippen MR) is 53.1 cm³/mol. The summed E-state index contributed by atoms with van der Waals surface area (Å²) in [5, 5.41) is 0. The minimum absolute atomic E-state index is 0.0610. The van der Waals surface area contributed by atoms with E-state index >= 15 is 0 Å². The van der Waals surface area contributed by atoms with Gasteiger partial charge >= 0.3 is 0 Å². The Morgan fingerprint density at radius 1 is 1.29 bits per heavy atom. The van der Waals surface area contributed by atoms with Gasteiger partial charge in [-0.05, 0) is 25.1 Å². The Balaban J connectivity index is 3.03. The van der Waals surface area contributed by atoms with Crippen molar-refractivity contribution in [1.82, 2.24) is 0 Å². The fourth-order valence-electron chi connectivity index (χ4n) is 1.04. The van der Waals surface area contributed by atoms with E-state index < -0.39 is 5.92 Å². The zero-order valence-electron chi connectivity index (χ0n) is 7.85. The van der Waals surface area contributed by atoms with Crippen molar-refractivity contribution in [2.24, 2.45) is 0 Å². The summed E-state index contributed by atoms with van der Waals surface area (Å²) in [5.74, 6) is 2.52. The van der Waals surface area contributed by atoms with Crippen LogP contribution < -0.4 is 0 Å². The van der Waals surface area contributed by atoms with Crippen molar-refractivity contribution in [1.29, 1.82) is 0 Å². The van der Waals surface area contributed by atoms with Gasteiger partial charge in [0.25, 0.3) is 5.92 Å².